The molecule has 0 atom stereocenters. The van der Waals surface area contributed by atoms with Crippen molar-refractivity contribution in [1.82, 2.24) is 10.1 Å². The molecule has 0 aromatic carbocycles. The zero-order valence-corrected chi connectivity index (χ0v) is 10.8. The molecule has 0 amide bonds. The van der Waals surface area contributed by atoms with E-state index in [9.17, 15) is 0 Å². The Kier molecular flexibility index (Phi) is 3.82. The third-order valence-corrected chi connectivity index (χ3v) is 2.25. The second-order valence-electron chi connectivity index (χ2n) is 4.30. The topological polar surface area (TPSA) is 60.2 Å². The maximum Gasteiger partial charge on any atom is 0.169 e. The van der Waals surface area contributed by atoms with E-state index in [0.717, 1.165) is 17.2 Å². The van der Waals surface area contributed by atoms with E-state index in [1.165, 1.54) is 0 Å². The summed E-state index contributed by atoms with van der Waals surface area (Å²) in [6.07, 6.45) is 1.84. The van der Waals surface area contributed by atoms with Crippen molar-refractivity contribution >= 4 is 5.82 Å². The maximum atomic E-state index is 5.67. The number of aromatic nitrogens is 2. The van der Waals surface area contributed by atoms with Crippen molar-refractivity contribution in [1.29, 1.82) is 0 Å². The molecule has 18 heavy (non-hydrogen) atoms. The van der Waals surface area contributed by atoms with Gasteiger partial charge in [-0.2, -0.15) is 0 Å². The second kappa shape index (κ2) is 5.53. The average Bonchev–Trinajstić information content (AvgIpc) is 2.73. The number of nitrogens with zero attached hydrogens (tertiary/aromatic N) is 2. The van der Waals surface area contributed by atoms with Crippen LogP contribution in [0.4, 0.5) is 5.82 Å². The Hall–Kier alpha value is -2.04. The van der Waals surface area contributed by atoms with E-state index in [4.69, 9.17) is 9.26 Å². The average molecular weight is 247 g/mol. The lowest BCUT2D eigenvalue weighted by Crippen LogP contribution is -2.09. The van der Waals surface area contributed by atoms with Crippen LogP contribution < -0.4 is 10.1 Å². The largest absolute Gasteiger partial charge is 0.487 e. The summed E-state index contributed by atoms with van der Waals surface area (Å²) in [6, 6.07) is 5.63. The summed E-state index contributed by atoms with van der Waals surface area (Å²) in [7, 11) is 0. The van der Waals surface area contributed by atoms with Crippen LogP contribution in [0.5, 0.6) is 5.75 Å². The predicted octanol–water partition coefficient (Wildman–Crippen LogP) is 2.78. The number of anilines is 1. The number of hydrogen-bond donors (Lipinski definition) is 1. The van der Waals surface area contributed by atoms with Crippen LogP contribution in [0.1, 0.15) is 25.3 Å². The number of aryl methyl sites for hydroxylation is 1. The molecule has 1 N–H and O–H groups in total. The van der Waals surface area contributed by atoms with Crippen LogP contribution in [-0.2, 0) is 6.54 Å². The van der Waals surface area contributed by atoms with Gasteiger partial charge in [-0.3, -0.25) is 0 Å². The maximum absolute atomic E-state index is 5.67. The number of pyridine rings is 1. The van der Waals surface area contributed by atoms with Gasteiger partial charge in [0.1, 0.15) is 11.5 Å². The quantitative estimate of drug-likeness (QED) is 0.880. The zero-order chi connectivity index (χ0) is 13.0. The highest BCUT2D eigenvalue weighted by atomic mass is 16.5. The highest BCUT2D eigenvalue weighted by molar-refractivity contribution is 5.49. The van der Waals surface area contributed by atoms with Crippen LogP contribution in [0, 0.1) is 6.92 Å². The van der Waals surface area contributed by atoms with Crippen molar-refractivity contribution in [2.75, 3.05) is 5.32 Å². The van der Waals surface area contributed by atoms with Crippen molar-refractivity contribution in [3.8, 4) is 5.75 Å². The van der Waals surface area contributed by atoms with Gasteiger partial charge in [0.25, 0.3) is 0 Å². The molecule has 5 nitrogen and oxygen atoms in total. The van der Waals surface area contributed by atoms with E-state index in [-0.39, 0.29) is 6.10 Å². The predicted molar refractivity (Wildman–Crippen MR) is 68.6 cm³/mol. The molecule has 0 aliphatic carbocycles. The number of nitrogens with one attached hydrogen (secondary N) is 1. The van der Waals surface area contributed by atoms with E-state index in [0.29, 0.717) is 12.4 Å². The second-order valence-corrected chi connectivity index (χ2v) is 4.30. The van der Waals surface area contributed by atoms with Gasteiger partial charge < -0.3 is 14.6 Å². The first-order chi connectivity index (χ1) is 8.65. The molecule has 2 rings (SSSR count). The van der Waals surface area contributed by atoms with Gasteiger partial charge in [-0.05, 0) is 32.9 Å². The Morgan fingerprint density at radius 2 is 2.28 bits per heavy atom. The molecule has 0 aliphatic heterocycles. The first-order valence-corrected chi connectivity index (χ1v) is 5.93. The summed E-state index contributed by atoms with van der Waals surface area (Å²) < 4.78 is 10.7. The van der Waals surface area contributed by atoms with Gasteiger partial charge in [0.2, 0.25) is 0 Å². The minimum atomic E-state index is 0.115. The SMILES string of the molecule is Cc1cc(CNc2ncccc2OC(C)C)no1. The van der Waals surface area contributed by atoms with Crippen LogP contribution in [0.3, 0.4) is 0 Å². The van der Waals surface area contributed by atoms with Gasteiger partial charge in [-0.15, -0.1) is 0 Å². The summed E-state index contributed by atoms with van der Waals surface area (Å²) in [6.45, 7) is 6.39. The van der Waals surface area contributed by atoms with Crippen molar-refractivity contribution in [2.45, 2.75) is 33.4 Å². The van der Waals surface area contributed by atoms with Gasteiger partial charge in [-0.25, -0.2) is 4.98 Å². The van der Waals surface area contributed by atoms with E-state index >= 15 is 0 Å². The molecule has 0 bridgehead atoms. The minimum Gasteiger partial charge on any atom is -0.487 e. The molecule has 2 aromatic heterocycles. The van der Waals surface area contributed by atoms with Crippen molar-refractivity contribution in [3.05, 3.63) is 35.9 Å². The first-order valence-electron chi connectivity index (χ1n) is 5.93. The molecule has 0 aliphatic rings. The smallest absolute Gasteiger partial charge is 0.169 e. The summed E-state index contributed by atoms with van der Waals surface area (Å²) in [5, 5.41) is 7.10. The van der Waals surface area contributed by atoms with E-state index in [2.05, 4.69) is 15.5 Å². The van der Waals surface area contributed by atoms with Crippen molar-refractivity contribution < 1.29 is 9.26 Å². The standard InChI is InChI=1S/C13H17N3O2/c1-9(2)17-12-5-4-6-14-13(12)15-8-11-7-10(3)18-16-11/h4-7,9H,8H2,1-3H3,(H,14,15). The lowest BCUT2D eigenvalue weighted by molar-refractivity contribution is 0.243. The molecule has 0 saturated carbocycles. The van der Waals surface area contributed by atoms with E-state index in [1.807, 2.05) is 39.0 Å². The Balaban J connectivity index is 2.04. The van der Waals surface area contributed by atoms with E-state index in [1.54, 1.807) is 6.20 Å². The molecule has 2 aromatic rings. The monoisotopic (exact) mass is 247 g/mol. The Bertz CT molecular complexity index is 508. The highest BCUT2D eigenvalue weighted by Gasteiger charge is 2.07. The molecule has 5 heteroatoms. The Labute approximate surface area is 106 Å². The molecule has 2 heterocycles. The minimum absolute atomic E-state index is 0.115. The lowest BCUT2D eigenvalue weighted by atomic mass is 10.3. The summed E-state index contributed by atoms with van der Waals surface area (Å²) in [5.41, 5.74) is 0.841. The lowest BCUT2D eigenvalue weighted by Gasteiger charge is -2.13. The third-order valence-electron chi connectivity index (χ3n) is 2.25. The van der Waals surface area contributed by atoms with Gasteiger partial charge in [0.15, 0.2) is 11.6 Å². The highest BCUT2D eigenvalue weighted by Crippen LogP contribution is 2.22. The number of hydrogen-bond acceptors (Lipinski definition) is 5. The van der Waals surface area contributed by atoms with Crippen LogP contribution >= 0.6 is 0 Å². The Morgan fingerprint density at radius 1 is 1.44 bits per heavy atom. The normalized spacial score (nSPS) is 10.7. The molecular weight excluding hydrogens is 230 g/mol. The molecule has 0 radical (unpaired) electrons. The number of rotatable bonds is 5. The molecule has 0 saturated heterocycles. The fourth-order valence-electron chi connectivity index (χ4n) is 1.55. The Morgan fingerprint density at radius 3 is 2.94 bits per heavy atom. The van der Waals surface area contributed by atoms with Gasteiger partial charge in [-0.1, -0.05) is 5.16 Å². The first kappa shape index (κ1) is 12.4. The molecular formula is C13H17N3O2. The fraction of sp³-hybridized carbons (Fsp3) is 0.385. The van der Waals surface area contributed by atoms with E-state index < -0.39 is 0 Å². The fourth-order valence-corrected chi connectivity index (χ4v) is 1.55. The van der Waals surface area contributed by atoms with Crippen molar-refractivity contribution in [2.24, 2.45) is 0 Å². The van der Waals surface area contributed by atoms with Crippen LogP contribution in [0.25, 0.3) is 0 Å². The molecule has 0 unspecified atom stereocenters. The molecule has 0 fully saturated rings. The molecule has 0 spiro atoms. The third kappa shape index (κ3) is 3.23. The zero-order valence-electron chi connectivity index (χ0n) is 10.8. The number of ether oxygens (including phenoxy) is 1. The van der Waals surface area contributed by atoms with Gasteiger partial charge >= 0.3 is 0 Å². The van der Waals surface area contributed by atoms with Gasteiger partial charge in [0.05, 0.1) is 12.6 Å². The summed E-state index contributed by atoms with van der Waals surface area (Å²) in [5.74, 6) is 2.26. The van der Waals surface area contributed by atoms with Crippen LogP contribution in [-0.4, -0.2) is 16.2 Å². The van der Waals surface area contributed by atoms with Crippen LogP contribution in [0.15, 0.2) is 28.9 Å². The molecule has 96 valence electrons. The summed E-state index contributed by atoms with van der Waals surface area (Å²) >= 11 is 0. The van der Waals surface area contributed by atoms with Crippen molar-refractivity contribution in [3.63, 3.8) is 0 Å². The van der Waals surface area contributed by atoms with Crippen LogP contribution in [0.2, 0.25) is 0 Å². The van der Waals surface area contributed by atoms with Gasteiger partial charge in [0, 0.05) is 12.3 Å². The summed E-state index contributed by atoms with van der Waals surface area (Å²) in [4.78, 5) is 4.26.